The van der Waals surface area contributed by atoms with E-state index in [2.05, 4.69) is 46.1 Å². The molecule has 0 spiro atoms. The predicted molar refractivity (Wildman–Crippen MR) is 110 cm³/mol. The van der Waals surface area contributed by atoms with Gasteiger partial charge >= 0.3 is 0 Å². The van der Waals surface area contributed by atoms with Crippen LogP contribution in [0.3, 0.4) is 0 Å². The van der Waals surface area contributed by atoms with Crippen molar-refractivity contribution in [3.05, 3.63) is 36.5 Å². The summed E-state index contributed by atoms with van der Waals surface area (Å²) in [4.78, 5) is 0. The molecule has 1 rings (SSSR count). The smallest absolute Gasteiger partial charge is 0.0139 e. The molecule has 0 aromatic carbocycles. The van der Waals surface area contributed by atoms with Crippen molar-refractivity contribution in [1.29, 1.82) is 0 Å². The fraction of sp³-hybridized carbons (Fsp3) is 0.750. The highest BCUT2D eigenvalue weighted by Gasteiger charge is 2.33. The first-order valence-electron chi connectivity index (χ1n) is 10.5. The molecule has 0 N–H and O–H groups in total. The van der Waals surface area contributed by atoms with Crippen LogP contribution < -0.4 is 0 Å². The maximum Gasteiger partial charge on any atom is -0.0139 e. The van der Waals surface area contributed by atoms with Gasteiger partial charge in [-0.15, -0.1) is 6.58 Å². The summed E-state index contributed by atoms with van der Waals surface area (Å²) in [5.74, 6) is 2.28. The van der Waals surface area contributed by atoms with Crippen molar-refractivity contribution in [2.75, 3.05) is 0 Å². The third kappa shape index (κ3) is 8.36. The SMILES string of the molecule is C=C(C)CCCCCC[C@H]1C(=C)C[C@@H](C)C1/C=C/CCCCCC. The Bertz CT molecular complexity index is 387. The largest absolute Gasteiger partial charge is 0.100 e. The van der Waals surface area contributed by atoms with Crippen LogP contribution in [0.1, 0.15) is 97.8 Å². The molecule has 0 heteroatoms. The molecule has 0 heterocycles. The van der Waals surface area contributed by atoms with Gasteiger partial charge in [0.1, 0.15) is 0 Å². The van der Waals surface area contributed by atoms with Crippen LogP contribution in [0.15, 0.2) is 36.5 Å². The van der Waals surface area contributed by atoms with E-state index in [9.17, 15) is 0 Å². The second-order valence-corrected chi connectivity index (χ2v) is 8.21. The summed E-state index contributed by atoms with van der Waals surface area (Å²) in [6.45, 7) is 15.2. The summed E-state index contributed by atoms with van der Waals surface area (Å²) >= 11 is 0. The summed E-state index contributed by atoms with van der Waals surface area (Å²) in [6, 6.07) is 0. The van der Waals surface area contributed by atoms with Gasteiger partial charge in [-0.2, -0.15) is 0 Å². The molecular formula is C24H42. The Balaban J connectivity index is 2.30. The first kappa shape index (κ1) is 21.3. The lowest BCUT2D eigenvalue weighted by molar-refractivity contribution is 0.383. The number of rotatable bonds is 13. The maximum atomic E-state index is 4.40. The molecule has 138 valence electrons. The van der Waals surface area contributed by atoms with Crippen LogP contribution in [0.4, 0.5) is 0 Å². The minimum absolute atomic E-state index is 0.744. The minimum Gasteiger partial charge on any atom is -0.100 e. The molecule has 3 atom stereocenters. The van der Waals surface area contributed by atoms with Gasteiger partial charge in [0.05, 0.1) is 0 Å². The van der Waals surface area contributed by atoms with Crippen molar-refractivity contribution in [3.63, 3.8) is 0 Å². The lowest BCUT2D eigenvalue weighted by atomic mass is 9.85. The van der Waals surface area contributed by atoms with Crippen LogP contribution in [0, 0.1) is 17.8 Å². The van der Waals surface area contributed by atoms with E-state index in [0.717, 1.165) is 17.8 Å². The van der Waals surface area contributed by atoms with Crippen LogP contribution in [0.2, 0.25) is 0 Å². The molecule has 1 saturated carbocycles. The summed E-state index contributed by atoms with van der Waals surface area (Å²) in [5.41, 5.74) is 2.85. The van der Waals surface area contributed by atoms with Crippen molar-refractivity contribution in [1.82, 2.24) is 0 Å². The molecule has 0 aromatic rings. The Morgan fingerprint density at radius 3 is 2.50 bits per heavy atom. The molecule has 1 aliphatic rings. The summed E-state index contributed by atoms with van der Waals surface area (Å²) in [7, 11) is 0. The summed E-state index contributed by atoms with van der Waals surface area (Å²) in [6.07, 6.45) is 21.0. The number of hydrogen-bond acceptors (Lipinski definition) is 0. The highest BCUT2D eigenvalue weighted by atomic mass is 14.4. The van der Waals surface area contributed by atoms with Gasteiger partial charge in [0.25, 0.3) is 0 Å². The fourth-order valence-electron chi connectivity index (χ4n) is 4.18. The van der Waals surface area contributed by atoms with Crippen molar-refractivity contribution in [2.45, 2.75) is 97.8 Å². The Hall–Kier alpha value is -0.780. The third-order valence-corrected chi connectivity index (χ3v) is 5.68. The topological polar surface area (TPSA) is 0 Å². The van der Waals surface area contributed by atoms with E-state index in [-0.39, 0.29) is 0 Å². The van der Waals surface area contributed by atoms with Gasteiger partial charge in [0.15, 0.2) is 0 Å². The average Bonchev–Trinajstić information content (AvgIpc) is 2.80. The lowest BCUT2D eigenvalue weighted by Gasteiger charge is -2.20. The Morgan fingerprint density at radius 1 is 1.08 bits per heavy atom. The predicted octanol–water partition coefficient (Wildman–Crippen LogP) is 8.26. The normalized spacial score (nSPS) is 24.1. The Kier molecular flexibility index (Phi) is 11.1. The minimum atomic E-state index is 0.744. The van der Waals surface area contributed by atoms with Gasteiger partial charge in [0.2, 0.25) is 0 Å². The highest BCUT2D eigenvalue weighted by Crippen LogP contribution is 2.43. The summed E-state index contributed by atoms with van der Waals surface area (Å²) in [5, 5.41) is 0. The number of hydrogen-bond donors (Lipinski definition) is 0. The van der Waals surface area contributed by atoms with Crippen molar-refractivity contribution < 1.29 is 0 Å². The highest BCUT2D eigenvalue weighted by molar-refractivity contribution is 5.15. The quantitative estimate of drug-likeness (QED) is 0.235. The van der Waals surface area contributed by atoms with Crippen LogP contribution in [0.25, 0.3) is 0 Å². The summed E-state index contributed by atoms with van der Waals surface area (Å²) < 4.78 is 0. The zero-order chi connectivity index (χ0) is 17.8. The second kappa shape index (κ2) is 12.6. The molecule has 0 saturated heterocycles. The average molecular weight is 331 g/mol. The van der Waals surface area contributed by atoms with Gasteiger partial charge in [-0.1, -0.05) is 82.2 Å². The zero-order valence-electron chi connectivity index (χ0n) is 16.8. The molecule has 0 radical (unpaired) electrons. The monoisotopic (exact) mass is 330 g/mol. The standard InChI is InChI=1S/C24H42/c1-6-7-8-9-10-14-17-23-21(4)19-22(5)24(23)18-15-12-11-13-16-20(2)3/h14,17,21,23-24H,2,5-13,15-16,18-19H2,1,3-4H3/b17-14+/t21-,23?,24+/m1/s1. The fourth-order valence-corrected chi connectivity index (χ4v) is 4.18. The van der Waals surface area contributed by atoms with Gasteiger partial charge in [-0.05, 0) is 63.2 Å². The first-order valence-corrected chi connectivity index (χ1v) is 10.5. The van der Waals surface area contributed by atoms with Gasteiger partial charge in [0, 0.05) is 0 Å². The van der Waals surface area contributed by atoms with Crippen LogP contribution in [0.5, 0.6) is 0 Å². The number of unbranched alkanes of at least 4 members (excludes halogenated alkanes) is 7. The van der Waals surface area contributed by atoms with E-state index in [1.54, 1.807) is 0 Å². The molecule has 0 bridgehead atoms. The molecule has 0 amide bonds. The molecule has 24 heavy (non-hydrogen) atoms. The Labute approximate surface area is 152 Å². The van der Waals surface area contributed by atoms with Crippen molar-refractivity contribution >= 4 is 0 Å². The van der Waals surface area contributed by atoms with Gasteiger partial charge < -0.3 is 0 Å². The Morgan fingerprint density at radius 2 is 1.79 bits per heavy atom. The van der Waals surface area contributed by atoms with Crippen LogP contribution in [-0.4, -0.2) is 0 Å². The van der Waals surface area contributed by atoms with Crippen molar-refractivity contribution in [2.24, 2.45) is 17.8 Å². The maximum absolute atomic E-state index is 4.40. The van der Waals surface area contributed by atoms with E-state index >= 15 is 0 Å². The molecule has 1 fully saturated rings. The van der Waals surface area contributed by atoms with E-state index in [0.29, 0.717) is 0 Å². The molecule has 1 aliphatic carbocycles. The molecular weight excluding hydrogens is 288 g/mol. The molecule has 0 nitrogen and oxygen atoms in total. The molecule has 0 aliphatic heterocycles. The second-order valence-electron chi connectivity index (χ2n) is 8.21. The van der Waals surface area contributed by atoms with E-state index in [1.807, 2.05) is 0 Å². The van der Waals surface area contributed by atoms with E-state index in [4.69, 9.17) is 0 Å². The van der Waals surface area contributed by atoms with Crippen LogP contribution >= 0.6 is 0 Å². The van der Waals surface area contributed by atoms with Gasteiger partial charge in [-0.25, -0.2) is 0 Å². The molecule has 1 unspecified atom stereocenters. The van der Waals surface area contributed by atoms with E-state index < -0.39 is 0 Å². The first-order chi connectivity index (χ1) is 11.6. The zero-order valence-corrected chi connectivity index (χ0v) is 16.8. The molecule has 0 aromatic heterocycles. The van der Waals surface area contributed by atoms with E-state index in [1.165, 1.54) is 88.2 Å². The van der Waals surface area contributed by atoms with Gasteiger partial charge in [-0.3, -0.25) is 0 Å². The number of allylic oxidation sites excluding steroid dienone is 4. The lowest BCUT2D eigenvalue weighted by Crippen LogP contribution is -2.11. The third-order valence-electron chi connectivity index (χ3n) is 5.68. The van der Waals surface area contributed by atoms with Crippen LogP contribution in [-0.2, 0) is 0 Å². The van der Waals surface area contributed by atoms with Crippen molar-refractivity contribution in [3.8, 4) is 0 Å².